The van der Waals surface area contributed by atoms with Crippen LogP contribution in [0.1, 0.15) is 46.9 Å². The Hall–Kier alpha value is -3.52. The summed E-state index contributed by atoms with van der Waals surface area (Å²) in [6.45, 7) is 2.65. The number of hydrogen-bond acceptors (Lipinski definition) is 5. The molecule has 2 N–H and O–H groups in total. The number of aromatic carboxylic acids is 1. The average Bonchev–Trinajstić information content (AvgIpc) is 3.47. The number of carbonyl (C=O) groups is 1. The van der Waals surface area contributed by atoms with Crippen LogP contribution in [0.4, 0.5) is 0 Å². The van der Waals surface area contributed by atoms with Crippen molar-refractivity contribution in [3.05, 3.63) is 71.8 Å². The molecule has 2 aromatic heterocycles. The molecule has 0 saturated heterocycles. The zero-order valence-electron chi connectivity index (χ0n) is 16.9. The average molecular weight is 437 g/mol. The van der Waals surface area contributed by atoms with Gasteiger partial charge in [0.2, 0.25) is 0 Å². The van der Waals surface area contributed by atoms with Crippen molar-refractivity contribution in [1.82, 2.24) is 30.2 Å². The van der Waals surface area contributed by atoms with Gasteiger partial charge in [0.25, 0.3) is 0 Å². The second kappa shape index (κ2) is 9.09. The third-order valence-electron chi connectivity index (χ3n) is 5.10. The number of aryl methyl sites for hydroxylation is 1. The van der Waals surface area contributed by atoms with Crippen LogP contribution in [0.2, 0.25) is 0 Å². The van der Waals surface area contributed by atoms with Crippen molar-refractivity contribution in [2.45, 2.75) is 31.7 Å². The van der Waals surface area contributed by atoms with E-state index in [1.165, 1.54) is 0 Å². The van der Waals surface area contributed by atoms with E-state index in [1.54, 1.807) is 10.9 Å². The van der Waals surface area contributed by atoms with Crippen LogP contribution in [0, 0.1) is 0 Å². The van der Waals surface area contributed by atoms with Crippen LogP contribution in [-0.2, 0) is 6.54 Å². The lowest BCUT2D eigenvalue weighted by atomic mass is 9.97. The number of alkyl halides is 1. The number of nitrogens with zero attached hydrogens (tertiary/aromatic N) is 5. The van der Waals surface area contributed by atoms with Gasteiger partial charge in [-0.05, 0) is 33.5 Å². The predicted molar refractivity (Wildman–Crippen MR) is 117 cm³/mol. The summed E-state index contributed by atoms with van der Waals surface area (Å²) in [6, 6.07) is 15.5. The summed E-state index contributed by atoms with van der Waals surface area (Å²) in [6.07, 6.45) is 3.39. The molecular formula is C22H21ClN6O2. The summed E-state index contributed by atoms with van der Waals surface area (Å²) in [7, 11) is 0. The fourth-order valence-electron chi connectivity index (χ4n) is 3.52. The Labute approximate surface area is 183 Å². The van der Waals surface area contributed by atoms with E-state index in [9.17, 15) is 9.90 Å². The summed E-state index contributed by atoms with van der Waals surface area (Å²) in [4.78, 5) is 16.2. The zero-order valence-corrected chi connectivity index (χ0v) is 17.6. The SMILES string of the molecule is CCCCn1cnc(C(Cl)c2ccc(-c3ccccc3-c3nnn[nH]3)cc2)c1C(=O)O. The normalized spacial score (nSPS) is 12.1. The second-order valence-corrected chi connectivity index (χ2v) is 7.55. The Morgan fingerprint density at radius 3 is 2.55 bits per heavy atom. The molecule has 0 aliphatic rings. The molecule has 0 fully saturated rings. The minimum atomic E-state index is -1.03. The number of H-pyrrole nitrogens is 1. The van der Waals surface area contributed by atoms with Gasteiger partial charge in [-0.1, -0.05) is 61.9 Å². The maximum atomic E-state index is 11.9. The molecule has 1 unspecified atom stereocenters. The van der Waals surface area contributed by atoms with Gasteiger partial charge in [0.1, 0.15) is 5.38 Å². The summed E-state index contributed by atoms with van der Waals surface area (Å²) < 4.78 is 1.66. The van der Waals surface area contributed by atoms with Gasteiger partial charge in [-0.15, -0.1) is 16.7 Å². The van der Waals surface area contributed by atoms with Crippen molar-refractivity contribution in [3.8, 4) is 22.5 Å². The summed E-state index contributed by atoms with van der Waals surface area (Å²) >= 11 is 6.67. The first-order valence-electron chi connectivity index (χ1n) is 9.96. The second-order valence-electron chi connectivity index (χ2n) is 7.11. The van der Waals surface area contributed by atoms with Crippen LogP contribution in [-0.4, -0.2) is 41.3 Å². The van der Waals surface area contributed by atoms with Crippen molar-refractivity contribution >= 4 is 17.6 Å². The molecule has 0 spiro atoms. The van der Waals surface area contributed by atoms with Crippen molar-refractivity contribution < 1.29 is 9.90 Å². The van der Waals surface area contributed by atoms with Crippen molar-refractivity contribution in [2.75, 3.05) is 0 Å². The third-order valence-corrected chi connectivity index (χ3v) is 5.56. The largest absolute Gasteiger partial charge is 0.477 e. The number of hydrogen-bond donors (Lipinski definition) is 2. The molecule has 9 heteroatoms. The first-order chi connectivity index (χ1) is 15.1. The van der Waals surface area contributed by atoms with Crippen LogP contribution < -0.4 is 0 Å². The lowest BCUT2D eigenvalue weighted by Crippen LogP contribution is -2.11. The Balaban J connectivity index is 1.64. The highest BCUT2D eigenvalue weighted by Gasteiger charge is 2.25. The number of carboxylic acids is 1. The summed E-state index contributed by atoms with van der Waals surface area (Å²) in [5, 5.41) is 23.1. The molecule has 1 atom stereocenters. The monoisotopic (exact) mass is 436 g/mol. The lowest BCUT2D eigenvalue weighted by molar-refractivity contribution is 0.0683. The molecule has 0 saturated carbocycles. The Bertz CT molecular complexity index is 1170. The van der Waals surface area contributed by atoms with Gasteiger partial charge in [-0.3, -0.25) is 0 Å². The number of unbranched alkanes of at least 4 members (excludes halogenated alkanes) is 1. The van der Waals surface area contributed by atoms with Gasteiger partial charge in [0, 0.05) is 12.1 Å². The lowest BCUT2D eigenvalue weighted by Gasteiger charge is -2.12. The Morgan fingerprint density at radius 2 is 1.90 bits per heavy atom. The van der Waals surface area contributed by atoms with E-state index < -0.39 is 11.3 Å². The minimum absolute atomic E-state index is 0.140. The van der Waals surface area contributed by atoms with Crippen LogP contribution in [0.5, 0.6) is 0 Å². The molecule has 0 bridgehead atoms. The van der Waals surface area contributed by atoms with Gasteiger partial charge >= 0.3 is 5.97 Å². The molecule has 2 heterocycles. The van der Waals surface area contributed by atoms with Crippen LogP contribution in [0.25, 0.3) is 22.5 Å². The molecule has 0 aliphatic carbocycles. The quantitative estimate of drug-likeness (QED) is 0.392. The molecule has 0 amide bonds. The van der Waals surface area contributed by atoms with Crippen molar-refractivity contribution in [1.29, 1.82) is 0 Å². The highest BCUT2D eigenvalue weighted by molar-refractivity contribution is 6.23. The molecule has 31 heavy (non-hydrogen) atoms. The number of aromatic amines is 1. The van der Waals surface area contributed by atoms with Gasteiger partial charge in [-0.2, -0.15) is 0 Å². The standard InChI is InChI=1S/C22H21ClN6O2/c1-2-3-12-29-13-24-19(20(29)22(30)31)18(23)15-10-8-14(9-11-15)16-6-4-5-7-17(16)21-25-27-28-26-21/h4-11,13,18H,2-3,12H2,1H3,(H,30,31)(H,25,26,27,28). The highest BCUT2D eigenvalue weighted by atomic mass is 35.5. The molecular weight excluding hydrogens is 416 g/mol. The maximum absolute atomic E-state index is 11.9. The van der Waals surface area contributed by atoms with E-state index in [0.717, 1.165) is 35.1 Å². The number of imidazole rings is 1. The van der Waals surface area contributed by atoms with E-state index in [1.807, 2.05) is 48.5 Å². The van der Waals surface area contributed by atoms with Crippen molar-refractivity contribution in [3.63, 3.8) is 0 Å². The number of rotatable bonds is 8. The van der Waals surface area contributed by atoms with Crippen LogP contribution in [0.3, 0.4) is 0 Å². The zero-order chi connectivity index (χ0) is 21.8. The first-order valence-corrected chi connectivity index (χ1v) is 10.4. The van der Waals surface area contributed by atoms with Crippen molar-refractivity contribution in [2.24, 2.45) is 0 Å². The van der Waals surface area contributed by atoms with E-state index in [-0.39, 0.29) is 5.69 Å². The number of tetrazole rings is 1. The number of carboxylic acid groups (broad SMARTS) is 1. The molecule has 0 radical (unpaired) electrons. The fraction of sp³-hybridized carbons (Fsp3) is 0.227. The van der Waals surface area contributed by atoms with Gasteiger partial charge in [0.15, 0.2) is 11.5 Å². The first kappa shape index (κ1) is 20.7. The Morgan fingerprint density at radius 1 is 1.16 bits per heavy atom. The van der Waals surface area contributed by atoms with E-state index >= 15 is 0 Å². The number of nitrogens with one attached hydrogen (secondary N) is 1. The smallest absolute Gasteiger partial charge is 0.354 e. The summed E-state index contributed by atoms with van der Waals surface area (Å²) in [5.41, 5.74) is 4.07. The molecule has 8 nitrogen and oxygen atoms in total. The predicted octanol–water partition coefficient (Wildman–Crippen LogP) is 4.56. The molecule has 4 aromatic rings. The Kier molecular flexibility index (Phi) is 6.08. The molecule has 2 aromatic carbocycles. The fourth-order valence-corrected chi connectivity index (χ4v) is 3.82. The maximum Gasteiger partial charge on any atom is 0.354 e. The minimum Gasteiger partial charge on any atom is -0.477 e. The molecule has 0 aliphatic heterocycles. The van der Waals surface area contributed by atoms with Gasteiger partial charge < -0.3 is 9.67 Å². The number of halogens is 1. The highest BCUT2D eigenvalue weighted by Crippen LogP contribution is 2.34. The topological polar surface area (TPSA) is 110 Å². The molecule has 158 valence electrons. The third kappa shape index (κ3) is 4.20. The van der Waals surface area contributed by atoms with Gasteiger partial charge in [-0.25, -0.2) is 14.9 Å². The van der Waals surface area contributed by atoms with E-state index in [4.69, 9.17) is 11.6 Å². The van der Waals surface area contributed by atoms with E-state index in [2.05, 4.69) is 32.5 Å². The number of aromatic nitrogens is 6. The summed E-state index contributed by atoms with van der Waals surface area (Å²) in [5.74, 6) is -0.445. The van der Waals surface area contributed by atoms with Gasteiger partial charge in [0.05, 0.1) is 12.0 Å². The van der Waals surface area contributed by atoms with E-state index in [0.29, 0.717) is 18.1 Å². The molecule has 4 rings (SSSR count). The number of benzene rings is 2. The van der Waals surface area contributed by atoms with Crippen LogP contribution >= 0.6 is 11.6 Å². The van der Waals surface area contributed by atoms with Crippen LogP contribution in [0.15, 0.2) is 54.9 Å².